The second kappa shape index (κ2) is 1.77. The molecular weight excluding hydrogens is 148 g/mol. The molecule has 4 heteroatoms. The summed E-state index contributed by atoms with van der Waals surface area (Å²) in [6, 6.07) is 0. The Morgan fingerprint density at radius 3 is 2.55 bits per heavy atom. The highest BCUT2D eigenvalue weighted by atomic mass is 16.8. The molecule has 3 atom stereocenters. The maximum absolute atomic E-state index is 9.61. The Hall–Kier alpha value is -0.160. The molecule has 0 radical (unpaired) electrons. The van der Waals surface area contributed by atoms with E-state index >= 15 is 0 Å². The minimum absolute atomic E-state index is 0.0203. The lowest BCUT2D eigenvalue weighted by Gasteiger charge is -2.27. The van der Waals surface area contributed by atoms with Gasteiger partial charge in [-0.15, -0.1) is 0 Å². The standard InChI is InChI=1S/C7H10O4/c8-6-5-4(11-5)3-7(6)9-1-2-10-7/h4-6,8H,1-3H2. The maximum atomic E-state index is 9.61. The molecule has 0 amide bonds. The van der Waals surface area contributed by atoms with E-state index in [1.165, 1.54) is 0 Å². The Morgan fingerprint density at radius 2 is 2.00 bits per heavy atom. The molecular formula is C7H10O4. The number of rotatable bonds is 0. The van der Waals surface area contributed by atoms with Gasteiger partial charge in [-0.05, 0) is 0 Å². The number of aliphatic hydroxyl groups excluding tert-OH is 1. The molecule has 62 valence electrons. The number of ether oxygens (including phenoxy) is 3. The quantitative estimate of drug-likeness (QED) is 0.472. The molecule has 11 heavy (non-hydrogen) atoms. The third-order valence-corrected chi connectivity index (χ3v) is 2.65. The van der Waals surface area contributed by atoms with Crippen LogP contribution in [0, 0.1) is 0 Å². The van der Waals surface area contributed by atoms with Gasteiger partial charge in [0.2, 0.25) is 0 Å². The highest BCUT2D eigenvalue weighted by Crippen LogP contribution is 2.48. The van der Waals surface area contributed by atoms with Crippen LogP contribution in [0.25, 0.3) is 0 Å². The third-order valence-electron chi connectivity index (χ3n) is 2.65. The van der Waals surface area contributed by atoms with E-state index in [9.17, 15) is 5.11 Å². The fraction of sp³-hybridized carbons (Fsp3) is 1.00. The van der Waals surface area contributed by atoms with Gasteiger partial charge < -0.3 is 19.3 Å². The summed E-state index contributed by atoms with van der Waals surface area (Å²) in [5.74, 6) is -0.701. The third kappa shape index (κ3) is 0.679. The molecule has 2 heterocycles. The zero-order valence-corrected chi connectivity index (χ0v) is 6.03. The summed E-state index contributed by atoms with van der Waals surface area (Å²) in [6.07, 6.45) is 0.282. The molecule has 1 spiro atoms. The van der Waals surface area contributed by atoms with Crippen LogP contribution in [0.2, 0.25) is 0 Å². The van der Waals surface area contributed by atoms with Crippen molar-refractivity contribution in [2.45, 2.75) is 30.5 Å². The van der Waals surface area contributed by atoms with Crippen molar-refractivity contribution in [3.8, 4) is 0 Å². The Morgan fingerprint density at radius 1 is 1.27 bits per heavy atom. The lowest BCUT2D eigenvalue weighted by molar-refractivity contribution is -0.223. The van der Waals surface area contributed by atoms with Gasteiger partial charge in [-0.3, -0.25) is 0 Å². The van der Waals surface area contributed by atoms with Crippen molar-refractivity contribution in [2.24, 2.45) is 0 Å². The number of fused-ring (bicyclic) bond motifs is 1. The second-order valence-corrected chi connectivity index (χ2v) is 3.30. The first-order valence-corrected chi connectivity index (χ1v) is 3.93. The summed E-state index contributed by atoms with van der Waals surface area (Å²) in [6.45, 7) is 1.19. The molecule has 2 aliphatic heterocycles. The molecule has 1 aliphatic carbocycles. The van der Waals surface area contributed by atoms with Crippen LogP contribution in [0.3, 0.4) is 0 Å². The van der Waals surface area contributed by atoms with Crippen molar-refractivity contribution in [1.82, 2.24) is 0 Å². The lowest BCUT2D eigenvalue weighted by Crippen LogP contribution is -2.42. The van der Waals surface area contributed by atoms with Gasteiger partial charge in [-0.25, -0.2) is 0 Å². The van der Waals surface area contributed by atoms with E-state index in [1.807, 2.05) is 0 Å². The largest absolute Gasteiger partial charge is 0.385 e. The van der Waals surface area contributed by atoms with Crippen LogP contribution in [0.4, 0.5) is 0 Å². The first-order valence-electron chi connectivity index (χ1n) is 3.93. The molecule has 3 fully saturated rings. The number of epoxide rings is 1. The maximum Gasteiger partial charge on any atom is 0.199 e. The van der Waals surface area contributed by atoms with Crippen molar-refractivity contribution in [1.29, 1.82) is 0 Å². The van der Waals surface area contributed by atoms with Crippen LogP contribution < -0.4 is 0 Å². The highest BCUT2D eigenvalue weighted by Gasteiger charge is 2.66. The topological polar surface area (TPSA) is 51.2 Å². The van der Waals surface area contributed by atoms with Crippen molar-refractivity contribution in [2.75, 3.05) is 13.2 Å². The zero-order chi connectivity index (χ0) is 7.47. The van der Waals surface area contributed by atoms with Crippen LogP contribution in [0.15, 0.2) is 0 Å². The van der Waals surface area contributed by atoms with Crippen LogP contribution >= 0.6 is 0 Å². The van der Waals surface area contributed by atoms with Gasteiger partial charge in [0.05, 0.1) is 19.3 Å². The Kier molecular flexibility index (Phi) is 1.02. The van der Waals surface area contributed by atoms with Gasteiger partial charge >= 0.3 is 0 Å². The predicted molar refractivity (Wildman–Crippen MR) is 33.9 cm³/mol. The average Bonchev–Trinajstić information content (AvgIpc) is 2.48. The van der Waals surface area contributed by atoms with Crippen molar-refractivity contribution in [3.63, 3.8) is 0 Å². The summed E-state index contributed by atoms with van der Waals surface area (Å²) in [4.78, 5) is 0. The summed E-state index contributed by atoms with van der Waals surface area (Å²) in [7, 11) is 0. The Balaban J connectivity index is 1.87. The van der Waals surface area contributed by atoms with Gasteiger partial charge in [0, 0.05) is 6.42 Å². The molecule has 0 aromatic carbocycles. The van der Waals surface area contributed by atoms with Gasteiger partial charge in [-0.2, -0.15) is 0 Å². The van der Waals surface area contributed by atoms with E-state index in [1.54, 1.807) is 0 Å². The monoisotopic (exact) mass is 158 g/mol. The van der Waals surface area contributed by atoms with E-state index in [0.717, 1.165) is 0 Å². The van der Waals surface area contributed by atoms with Gasteiger partial charge in [0.1, 0.15) is 12.2 Å². The van der Waals surface area contributed by atoms with Crippen molar-refractivity contribution < 1.29 is 19.3 Å². The van der Waals surface area contributed by atoms with Crippen LogP contribution in [0.1, 0.15) is 6.42 Å². The van der Waals surface area contributed by atoms with Crippen LogP contribution in [0.5, 0.6) is 0 Å². The zero-order valence-electron chi connectivity index (χ0n) is 6.03. The number of hydrogen-bond donors (Lipinski definition) is 1. The van der Waals surface area contributed by atoms with Gasteiger partial charge in [0.25, 0.3) is 0 Å². The number of hydrogen-bond acceptors (Lipinski definition) is 4. The molecule has 1 N–H and O–H groups in total. The number of aliphatic hydroxyl groups is 1. The Labute approximate surface area is 64.0 Å². The predicted octanol–water partition coefficient (Wildman–Crippen LogP) is -0.739. The molecule has 3 aliphatic rings. The van der Waals surface area contributed by atoms with E-state index in [2.05, 4.69) is 0 Å². The highest BCUT2D eigenvalue weighted by molar-refractivity contribution is 5.09. The van der Waals surface area contributed by atoms with Gasteiger partial charge in [0.15, 0.2) is 5.79 Å². The normalized spacial score (nSPS) is 51.5. The molecule has 0 aromatic heterocycles. The fourth-order valence-corrected chi connectivity index (χ4v) is 2.01. The smallest absolute Gasteiger partial charge is 0.199 e. The summed E-state index contributed by atoms with van der Waals surface area (Å²) < 4.78 is 15.9. The average molecular weight is 158 g/mol. The van der Waals surface area contributed by atoms with E-state index in [0.29, 0.717) is 19.6 Å². The van der Waals surface area contributed by atoms with Gasteiger partial charge in [-0.1, -0.05) is 0 Å². The molecule has 2 saturated heterocycles. The minimum Gasteiger partial charge on any atom is -0.385 e. The minimum atomic E-state index is -0.701. The summed E-state index contributed by atoms with van der Waals surface area (Å²) in [5, 5.41) is 9.61. The van der Waals surface area contributed by atoms with E-state index in [-0.39, 0.29) is 12.2 Å². The molecule has 3 rings (SSSR count). The second-order valence-electron chi connectivity index (χ2n) is 3.30. The first-order chi connectivity index (χ1) is 5.32. The fourth-order valence-electron chi connectivity index (χ4n) is 2.01. The Bertz CT molecular complexity index is 187. The first kappa shape index (κ1) is 6.37. The molecule has 0 bridgehead atoms. The lowest BCUT2D eigenvalue weighted by atomic mass is 10.2. The van der Waals surface area contributed by atoms with Crippen LogP contribution in [-0.2, 0) is 14.2 Å². The summed E-state index contributed by atoms with van der Waals surface area (Å²) in [5.41, 5.74) is 0. The molecule has 1 saturated carbocycles. The SMILES string of the molecule is OC1C2OC2CC12OCCO2. The van der Waals surface area contributed by atoms with Crippen molar-refractivity contribution in [3.05, 3.63) is 0 Å². The molecule has 4 nitrogen and oxygen atoms in total. The van der Waals surface area contributed by atoms with Crippen molar-refractivity contribution >= 4 is 0 Å². The summed E-state index contributed by atoms with van der Waals surface area (Å²) >= 11 is 0. The van der Waals surface area contributed by atoms with Crippen LogP contribution in [-0.4, -0.2) is 42.4 Å². The molecule has 3 unspecified atom stereocenters. The van der Waals surface area contributed by atoms with E-state index < -0.39 is 11.9 Å². The molecule has 0 aromatic rings. The van der Waals surface area contributed by atoms with E-state index in [4.69, 9.17) is 14.2 Å².